The van der Waals surface area contributed by atoms with Crippen molar-refractivity contribution in [1.82, 2.24) is 10.2 Å². The minimum Gasteiger partial charge on any atom is -0.507 e. The predicted octanol–water partition coefficient (Wildman–Crippen LogP) is 1.87. The van der Waals surface area contributed by atoms with Crippen molar-refractivity contribution in [2.45, 2.75) is 25.9 Å². The van der Waals surface area contributed by atoms with Gasteiger partial charge in [0.05, 0.1) is 5.56 Å². The van der Waals surface area contributed by atoms with Gasteiger partial charge in [0, 0.05) is 30.2 Å². The molecule has 98 valence electrons. The third-order valence-electron chi connectivity index (χ3n) is 3.21. The van der Waals surface area contributed by atoms with E-state index < -0.39 is 0 Å². The molecule has 1 amide bonds. The smallest absolute Gasteiger partial charge is 0.258 e. The van der Waals surface area contributed by atoms with Crippen molar-refractivity contribution in [3.63, 3.8) is 0 Å². The Morgan fingerprint density at radius 1 is 1.50 bits per heavy atom. The molecule has 0 bridgehead atoms. The number of halogens is 1. The lowest BCUT2D eigenvalue weighted by atomic mass is 10.1. The Hall–Kier alpha value is -1.26. The van der Waals surface area contributed by atoms with E-state index in [2.05, 4.69) is 5.32 Å². The van der Waals surface area contributed by atoms with Crippen molar-refractivity contribution < 1.29 is 9.90 Å². The quantitative estimate of drug-likeness (QED) is 0.818. The van der Waals surface area contributed by atoms with Crippen LogP contribution < -0.4 is 5.32 Å². The van der Waals surface area contributed by atoms with E-state index in [1.807, 2.05) is 13.8 Å². The molecule has 1 fully saturated rings. The first-order valence-corrected chi connectivity index (χ1v) is 6.39. The number of carbonyl (C=O) groups excluding carboxylic acids is 1. The zero-order chi connectivity index (χ0) is 13.3. The summed E-state index contributed by atoms with van der Waals surface area (Å²) in [6.45, 7) is 5.41. The molecule has 2 N–H and O–H groups in total. The van der Waals surface area contributed by atoms with Gasteiger partial charge >= 0.3 is 0 Å². The maximum atomic E-state index is 12.4. The van der Waals surface area contributed by atoms with Gasteiger partial charge in [0.25, 0.3) is 5.91 Å². The highest BCUT2D eigenvalue weighted by atomic mass is 35.5. The number of piperazine rings is 1. The molecule has 1 aliphatic rings. The van der Waals surface area contributed by atoms with E-state index >= 15 is 0 Å². The number of phenolic OH excluding ortho intramolecular Hbond substituents is 1. The highest BCUT2D eigenvalue weighted by Gasteiger charge is 2.28. The standard InChI is InChI=1S/C13H17ClN2O2/c1-8-7-16(9(2)6-15-8)13(18)11-5-10(14)3-4-12(11)17/h3-5,8-9,15,17H,6-7H2,1-2H3. The summed E-state index contributed by atoms with van der Waals surface area (Å²) in [7, 11) is 0. The number of amides is 1. The molecule has 1 aliphatic heterocycles. The first-order valence-electron chi connectivity index (χ1n) is 6.02. The molecule has 2 unspecified atom stereocenters. The van der Waals surface area contributed by atoms with E-state index in [-0.39, 0.29) is 29.3 Å². The van der Waals surface area contributed by atoms with Gasteiger partial charge < -0.3 is 15.3 Å². The second-order valence-electron chi connectivity index (χ2n) is 4.78. The van der Waals surface area contributed by atoms with E-state index in [1.54, 1.807) is 11.0 Å². The van der Waals surface area contributed by atoms with Gasteiger partial charge in [-0.25, -0.2) is 0 Å². The fourth-order valence-electron chi connectivity index (χ4n) is 2.14. The van der Waals surface area contributed by atoms with Crippen molar-refractivity contribution in [3.8, 4) is 5.75 Å². The Bertz CT molecular complexity index is 464. The summed E-state index contributed by atoms with van der Waals surface area (Å²) in [4.78, 5) is 14.2. The number of nitrogens with one attached hydrogen (secondary N) is 1. The molecule has 2 atom stereocenters. The molecule has 0 spiro atoms. The van der Waals surface area contributed by atoms with Crippen LogP contribution in [-0.2, 0) is 0 Å². The first kappa shape index (κ1) is 13.2. The number of nitrogens with zero attached hydrogens (tertiary/aromatic N) is 1. The molecule has 0 aromatic heterocycles. The first-order chi connectivity index (χ1) is 8.49. The fourth-order valence-corrected chi connectivity index (χ4v) is 2.31. The van der Waals surface area contributed by atoms with Crippen LogP contribution in [0.25, 0.3) is 0 Å². The van der Waals surface area contributed by atoms with Gasteiger partial charge in [-0.1, -0.05) is 11.6 Å². The molecule has 0 aliphatic carbocycles. The van der Waals surface area contributed by atoms with Crippen LogP contribution in [0, 0.1) is 0 Å². The Labute approximate surface area is 112 Å². The normalized spacial score (nSPS) is 24.1. The molecular weight excluding hydrogens is 252 g/mol. The number of hydrogen-bond donors (Lipinski definition) is 2. The lowest BCUT2D eigenvalue weighted by molar-refractivity contribution is 0.0613. The summed E-state index contributed by atoms with van der Waals surface area (Å²) in [6.07, 6.45) is 0. The van der Waals surface area contributed by atoms with Crippen molar-refractivity contribution in [3.05, 3.63) is 28.8 Å². The van der Waals surface area contributed by atoms with Gasteiger partial charge in [-0.2, -0.15) is 0 Å². The Morgan fingerprint density at radius 2 is 2.22 bits per heavy atom. The number of aromatic hydroxyl groups is 1. The molecule has 5 heteroatoms. The minimum absolute atomic E-state index is 0.0252. The zero-order valence-corrected chi connectivity index (χ0v) is 11.2. The molecule has 1 aromatic carbocycles. The van der Waals surface area contributed by atoms with Crippen LogP contribution >= 0.6 is 11.6 Å². The summed E-state index contributed by atoms with van der Waals surface area (Å²) >= 11 is 5.87. The van der Waals surface area contributed by atoms with Crippen molar-refractivity contribution >= 4 is 17.5 Å². The number of carbonyl (C=O) groups is 1. The lowest BCUT2D eigenvalue weighted by Gasteiger charge is -2.37. The molecule has 0 saturated carbocycles. The number of phenols is 1. The van der Waals surface area contributed by atoms with Crippen LogP contribution in [0.1, 0.15) is 24.2 Å². The van der Waals surface area contributed by atoms with Crippen molar-refractivity contribution in [2.24, 2.45) is 0 Å². The van der Waals surface area contributed by atoms with E-state index in [1.165, 1.54) is 12.1 Å². The Kier molecular flexibility index (Phi) is 3.78. The Balaban J connectivity index is 2.27. The third kappa shape index (κ3) is 2.60. The molecule has 1 heterocycles. The van der Waals surface area contributed by atoms with Gasteiger partial charge in [-0.3, -0.25) is 4.79 Å². The molecule has 0 radical (unpaired) electrons. The average Bonchev–Trinajstić information content (AvgIpc) is 2.34. The summed E-state index contributed by atoms with van der Waals surface area (Å²) in [5.74, 6) is -0.196. The van der Waals surface area contributed by atoms with Gasteiger partial charge in [0.2, 0.25) is 0 Å². The van der Waals surface area contributed by atoms with Gasteiger partial charge in [0.1, 0.15) is 5.75 Å². The van der Waals surface area contributed by atoms with Crippen molar-refractivity contribution in [1.29, 1.82) is 0 Å². The number of rotatable bonds is 1. The van der Waals surface area contributed by atoms with Crippen LogP contribution in [-0.4, -0.2) is 41.1 Å². The molecule has 2 rings (SSSR count). The molecule has 18 heavy (non-hydrogen) atoms. The maximum Gasteiger partial charge on any atom is 0.258 e. The summed E-state index contributed by atoms with van der Waals surface area (Å²) in [6, 6.07) is 4.89. The van der Waals surface area contributed by atoms with E-state index in [0.717, 1.165) is 6.54 Å². The molecule has 1 aromatic rings. The molecule has 1 saturated heterocycles. The monoisotopic (exact) mass is 268 g/mol. The Morgan fingerprint density at radius 3 is 2.94 bits per heavy atom. The van der Waals surface area contributed by atoms with E-state index in [0.29, 0.717) is 11.6 Å². The van der Waals surface area contributed by atoms with Crippen LogP contribution in [0.5, 0.6) is 5.75 Å². The highest BCUT2D eigenvalue weighted by molar-refractivity contribution is 6.31. The SMILES string of the molecule is CC1CN(C(=O)c2cc(Cl)ccc2O)C(C)CN1. The second kappa shape index (κ2) is 5.16. The number of benzene rings is 1. The zero-order valence-electron chi connectivity index (χ0n) is 10.5. The lowest BCUT2D eigenvalue weighted by Crippen LogP contribution is -2.56. The summed E-state index contributed by atoms with van der Waals surface area (Å²) < 4.78 is 0. The summed E-state index contributed by atoms with van der Waals surface area (Å²) in [5, 5.41) is 13.5. The fraction of sp³-hybridized carbons (Fsp3) is 0.462. The predicted molar refractivity (Wildman–Crippen MR) is 71.1 cm³/mol. The highest BCUT2D eigenvalue weighted by Crippen LogP contribution is 2.24. The largest absolute Gasteiger partial charge is 0.507 e. The number of hydrogen-bond acceptors (Lipinski definition) is 3. The van der Waals surface area contributed by atoms with E-state index in [9.17, 15) is 9.90 Å². The third-order valence-corrected chi connectivity index (χ3v) is 3.45. The van der Waals surface area contributed by atoms with Crippen LogP contribution in [0.2, 0.25) is 5.02 Å². The average molecular weight is 269 g/mol. The minimum atomic E-state index is -0.171. The second-order valence-corrected chi connectivity index (χ2v) is 5.21. The van der Waals surface area contributed by atoms with Crippen LogP contribution in [0.4, 0.5) is 0 Å². The van der Waals surface area contributed by atoms with Crippen molar-refractivity contribution in [2.75, 3.05) is 13.1 Å². The molecular formula is C13H17ClN2O2. The van der Waals surface area contributed by atoms with Gasteiger partial charge in [-0.05, 0) is 32.0 Å². The summed E-state index contributed by atoms with van der Waals surface area (Å²) in [5.41, 5.74) is 0.267. The van der Waals surface area contributed by atoms with Gasteiger partial charge in [0.15, 0.2) is 0 Å². The van der Waals surface area contributed by atoms with Crippen LogP contribution in [0.15, 0.2) is 18.2 Å². The van der Waals surface area contributed by atoms with Gasteiger partial charge in [-0.15, -0.1) is 0 Å². The van der Waals surface area contributed by atoms with E-state index in [4.69, 9.17) is 11.6 Å². The maximum absolute atomic E-state index is 12.4. The topological polar surface area (TPSA) is 52.6 Å². The van der Waals surface area contributed by atoms with Crippen LogP contribution in [0.3, 0.4) is 0 Å². The molecule has 4 nitrogen and oxygen atoms in total.